The number of aliphatic imine (C=N–C) groups is 1. The number of nitrogens with zero attached hydrogens (tertiary/aromatic N) is 1. The highest BCUT2D eigenvalue weighted by Gasteiger charge is 2.16. The first-order chi connectivity index (χ1) is 15.1. The second-order valence-corrected chi connectivity index (χ2v) is 7.54. The number of carbonyl (C=O) groups excluding carboxylic acids is 1. The number of hydrogen-bond acceptors (Lipinski definition) is 3. The minimum absolute atomic E-state index is 0. The molecule has 1 saturated heterocycles. The van der Waals surface area contributed by atoms with Crippen LogP contribution >= 0.6 is 24.0 Å². The van der Waals surface area contributed by atoms with E-state index in [1.165, 1.54) is 12.1 Å². The molecule has 1 amide bonds. The van der Waals surface area contributed by atoms with E-state index in [2.05, 4.69) is 20.9 Å². The van der Waals surface area contributed by atoms with Crippen molar-refractivity contribution in [1.29, 1.82) is 0 Å². The molecule has 1 aliphatic heterocycles. The molecule has 0 bridgehead atoms. The fourth-order valence-corrected chi connectivity index (χ4v) is 3.41. The summed E-state index contributed by atoms with van der Waals surface area (Å²) in [7, 11) is 0. The summed E-state index contributed by atoms with van der Waals surface area (Å²) in [4.78, 5) is 17.1. The van der Waals surface area contributed by atoms with Gasteiger partial charge in [0.15, 0.2) is 5.96 Å². The lowest BCUT2D eigenvalue weighted by molar-refractivity contribution is 0.0857. The van der Waals surface area contributed by atoms with Crippen molar-refractivity contribution in [3.8, 4) is 0 Å². The van der Waals surface area contributed by atoms with Crippen LogP contribution in [0, 0.1) is 5.82 Å². The summed E-state index contributed by atoms with van der Waals surface area (Å²) in [6.07, 6.45) is 2.95. The van der Waals surface area contributed by atoms with Gasteiger partial charge in [0.05, 0.1) is 12.6 Å². The summed E-state index contributed by atoms with van der Waals surface area (Å²) in [6.45, 7) is 5.22. The molecule has 8 heteroatoms. The SMILES string of the molecule is CCNC(=NCc1cccc(C(=O)NCC2CCCO2)c1)NCCc1ccc(F)cc1.I. The summed E-state index contributed by atoms with van der Waals surface area (Å²) < 4.78 is 18.6. The van der Waals surface area contributed by atoms with E-state index in [4.69, 9.17) is 4.74 Å². The molecule has 3 rings (SSSR count). The second kappa shape index (κ2) is 14.1. The van der Waals surface area contributed by atoms with E-state index in [9.17, 15) is 9.18 Å². The normalized spacial score (nSPS) is 15.7. The molecule has 2 aromatic carbocycles. The number of amides is 1. The van der Waals surface area contributed by atoms with Crippen molar-refractivity contribution in [3.05, 3.63) is 71.0 Å². The molecule has 6 nitrogen and oxygen atoms in total. The second-order valence-electron chi connectivity index (χ2n) is 7.54. The third kappa shape index (κ3) is 8.74. The fraction of sp³-hybridized carbons (Fsp3) is 0.417. The van der Waals surface area contributed by atoms with Crippen LogP contribution in [0.3, 0.4) is 0 Å². The van der Waals surface area contributed by atoms with Crippen LogP contribution in [0.2, 0.25) is 0 Å². The van der Waals surface area contributed by atoms with E-state index in [0.29, 0.717) is 31.2 Å². The van der Waals surface area contributed by atoms with Crippen molar-refractivity contribution in [3.63, 3.8) is 0 Å². The summed E-state index contributed by atoms with van der Waals surface area (Å²) in [5.74, 6) is 0.387. The fourth-order valence-electron chi connectivity index (χ4n) is 3.41. The first-order valence-electron chi connectivity index (χ1n) is 10.9. The Bertz CT molecular complexity index is 871. The van der Waals surface area contributed by atoms with Gasteiger partial charge in [-0.1, -0.05) is 24.3 Å². The van der Waals surface area contributed by atoms with Crippen molar-refractivity contribution in [1.82, 2.24) is 16.0 Å². The topological polar surface area (TPSA) is 74.8 Å². The molecule has 1 aliphatic rings. The Morgan fingerprint density at radius 2 is 1.94 bits per heavy atom. The molecule has 0 spiro atoms. The Morgan fingerprint density at radius 1 is 1.12 bits per heavy atom. The number of halogens is 2. The first kappa shape index (κ1) is 26.1. The van der Waals surface area contributed by atoms with Crippen LogP contribution in [0.25, 0.3) is 0 Å². The van der Waals surface area contributed by atoms with Gasteiger partial charge >= 0.3 is 0 Å². The molecular weight excluding hydrogens is 522 g/mol. The molecule has 3 N–H and O–H groups in total. The van der Waals surface area contributed by atoms with E-state index in [1.54, 1.807) is 12.1 Å². The van der Waals surface area contributed by atoms with Crippen LogP contribution in [0.5, 0.6) is 0 Å². The molecule has 0 aromatic heterocycles. The third-order valence-electron chi connectivity index (χ3n) is 5.09. The Kier molecular flexibility index (Phi) is 11.4. The van der Waals surface area contributed by atoms with E-state index < -0.39 is 0 Å². The molecule has 1 heterocycles. The van der Waals surface area contributed by atoms with E-state index >= 15 is 0 Å². The molecule has 2 aromatic rings. The van der Waals surface area contributed by atoms with Crippen LogP contribution in [-0.4, -0.2) is 44.2 Å². The zero-order valence-corrected chi connectivity index (χ0v) is 20.7. The Hall–Kier alpha value is -2.20. The lowest BCUT2D eigenvalue weighted by atomic mass is 10.1. The maximum absolute atomic E-state index is 13.0. The quantitative estimate of drug-likeness (QED) is 0.252. The minimum Gasteiger partial charge on any atom is -0.376 e. The molecule has 0 aliphatic carbocycles. The maximum atomic E-state index is 13.0. The number of rotatable bonds is 9. The largest absolute Gasteiger partial charge is 0.376 e. The molecule has 1 unspecified atom stereocenters. The highest BCUT2D eigenvalue weighted by Crippen LogP contribution is 2.11. The van der Waals surface area contributed by atoms with Gasteiger partial charge in [-0.25, -0.2) is 9.38 Å². The molecule has 0 radical (unpaired) electrons. The van der Waals surface area contributed by atoms with E-state index in [1.807, 2.05) is 31.2 Å². The van der Waals surface area contributed by atoms with Crippen LogP contribution < -0.4 is 16.0 Å². The van der Waals surface area contributed by atoms with Gasteiger partial charge in [-0.15, -0.1) is 24.0 Å². The van der Waals surface area contributed by atoms with Crippen LogP contribution in [0.1, 0.15) is 41.3 Å². The number of carbonyl (C=O) groups is 1. The van der Waals surface area contributed by atoms with Gasteiger partial charge in [-0.2, -0.15) is 0 Å². The van der Waals surface area contributed by atoms with Gasteiger partial charge < -0.3 is 20.7 Å². The third-order valence-corrected chi connectivity index (χ3v) is 5.09. The Labute approximate surface area is 206 Å². The predicted octanol–water partition coefficient (Wildman–Crippen LogP) is 3.65. The number of benzene rings is 2. The standard InChI is InChI=1S/C24H31FN4O2.HI/c1-2-26-24(27-13-12-18-8-10-21(25)11-9-18)29-16-19-5-3-6-20(15-19)23(30)28-17-22-7-4-14-31-22;/h3,5-6,8-11,15,22H,2,4,7,12-14,16-17H2,1H3,(H,28,30)(H2,26,27,29);1H. The molecule has 32 heavy (non-hydrogen) atoms. The lowest BCUT2D eigenvalue weighted by Crippen LogP contribution is -2.38. The average molecular weight is 554 g/mol. The monoisotopic (exact) mass is 554 g/mol. The summed E-state index contributed by atoms with van der Waals surface area (Å²) in [5, 5.41) is 9.47. The molecule has 1 atom stereocenters. The summed E-state index contributed by atoms with van der Waals surface area (Å²) in [5.41, 5.74) is 2.65. The van der Waals surface area contributed by atoms with Gasteiger partial charge in [0.2, 0.25) is 0 Å². The highest BCUT2D eigenvalue weighted by molar-refractivity contribution is 14.0. The summed E-state index contributed by atoms with van der Waals surface area (Å²) in [6, 6.07) is 14.0. The number of guanidine groups is 1. The molecular formula is C24H32FIN4O2. The first-order valence-corrected chi connectivity index (χ1v) is 10.9. The van der Waals surface area contributed by atoms with Crippen molar-refractivity contribution >= 4 is 35.8 Å². The van der Waals surface area contributed by atoms with Crippen molar-refractivity contribution < 1.29 is 13.9 Å². The molecule has 174 valence electrons. The van der Waals surface area contributed by atoms with Gasteiger partial charge in [0.1, 0.15) is 5.82 Å². The smallest absolute Gasteiger partial charge is 0.251 e. The zero-order valence-electron chi connectivity index (χ0n) is 18.4. The van der Waals surface area contributed by atoms with E-state index in [-0.39, 0.29) is 41.8 Å². The molecule has 0 saturated carbocycles. The van der Waals surface area contributed by atoms with Gasteiger partial charge in [-0.3, -0.25) is 4.79 Å². The average Bonchev–Trinajstić information content (AvgIpc) is 3.31. The minimum atomic E-state index is -0.227. The molecule has 1 fully saturated rings. The maximum Gasteiger partial charge on any atom is 0.251 e. The number of ether oxygens (including phenoxy) is 1. The predicted molar refractivity (Wildman–Crippen MR) is 136 cm³/mol. The number of nitrogens with one attached hydrogen (secondary N) is 3. The van der Waals surface area contributed by atoms with Gasteiger partial charge in [-0.05, 0) is 61.6 Å². The highest BCUT2D eigenvalue weighted by atomic mass is 127. The summed E-state index contributed by atoms with van der Waals surface area (Å²) >= 11 is 0. The lowest BCUT2D eigenvalue weighted by Gasteiger charge is -2.12. The van der Waals surface area contributed by atoms with Crippen molar-refractivity contribution in [2.24, 2.45) is 4.99 Å². The van der Waals surface area contributed by atoms with Gasteiger partial charge in [0, 0.05) is 31.8 Å². The van der Waals surface area contributed by atoms with Crippen LogP contribution in [0.15, 0.2) is 53.5 Å². The van der Waals surface area contributed by atoms with Crippen LogP contribution in [-0.2, 0) is 17.7 Å². The Morgan fingerprint density at radius 3 is 2.66 bits per heavy atom. The zero-order chi connectivity index (χ0) is 21.9. The Balaban J connectivity index is 0.00000363. The number of hydrogen-bond donors (Lipinski definition) is 3. The van der Waals surface area contributed by atoms with Crippen LogP contribution in [0.4, 0.5) is 4.39 Å². The van der Waals surface area contributed by atoms with E-state index in [0.717, 1.165) is 43.5 Å². The van der Waals surface area contributed by atoms with Crippen molar-refractivity contribution in [2.75, 3.05) is 26.2 Å². The van der Waals surface area contributed by atoms with Gasteiger partial charge in [0.25, 0.3) is 5.91 Å². The van der Waals surface area contributed by atoms with Crippen molar-refractivity contribution in [2.45, 2.75) is 38.8 Å².